The van der Waals surface area contributed by atoms with Gasteiger partial charge in [0.05, 0.1) is 18.3 Å². The number of benzene rings is 1. The van der Waals surface area contributed by atoms with Crippen LogP contribution in [0.25, 0.3) is 0 Å². The van der Waals surface area contributed by atoms with Crippen molar-refractivity contribution in [3.63, 3.8) is 0 Å². The van der Waals surface area contributed by atoms with Gasteiger partial charge in [0.15, 0.2) is 5.92 Å². The van der Waals surface area contributed by atoms with E-state index in [1.807, 2.05) is 13.8 Å². The number of hydrogen-bond acceptors (Lipinski definition) is 4. The van der Waals surface area contributed by atoms with Crippen molar-refractivity contribution in [1.82, 2.24) is 0 Å². The summed E-state index contributed by atoms with van der Waals surface area (Å²) in [5.74, 6) is -1.81. The van der Waals surface area contributed by atoms with Crippen LogP contribution in [-0.2, 0) is 19.7 Å². The molecule has 0 unspecified atom stereocenters. The van der Waals surface area contributed by atoms with Crippen LogP contribution < -0.4 is 0 Å². The molecule has 0 saturated carbocycles. The van der Waals surface area contributed by atoms with E-state index in [1.54, 1.807) is 19.1 Å². The predicted octanol–water partition coefficient (Wildman–Crippen LogP) is 3.75. The zero-order valence-corrected chi connectivity index (χ0v) is 14.5. The van der Waals surface area contributed by atoms with Crippen LogP contribution in [0.4, 0.5) is 4.39 Å². The molecule has 0 radical (unpaired) electrons. The molecule has 0 spiro atoms. The summed E-state index contributed by atoms with van der Waals surface area (Å²) < 4.78 is 24.4. The van der Waals surface area contributed by atoms with E-state index in [0.717, 1.165) is 12.0 Å². The van der Waals surface area contributed by atoms with Crippen molar-refractivity contribution < 1.29 is 18.7 Å². The first-order valence-corrected chi connectivity index (χ1v) is 8.37. The van der Waals surface area contributed by atoms with Crippen LogP contribution in [0.1, 0.15) is 45.6 Å². The molecule has 1 saturated heterocycles. The molecule has 5 heteroatoms. The van der Waals surface area contributed by atoms with E-state index in [1.165, 1.54) is 12.1 Å². The van der Waals surface area contributed by atoms with E-state index in [0.29, 0.717) is 19.4 Å². The first-order chi connectivity index (χ1) is 11.4. The van der Waals surface area contributed by atoms with Crippen LogP contribution >= 0.6 is 0 Å². The SMILES string of the molecule is CCOC(=O)[C@H](C#N)[C@@]1(c2ccc(F)cc2)CCO[C@@](C)(CC)C1. The van der Waals surface area contributed by atoms with Gasteiger partial charge in [-0.15, -0.1) is 0 Å². The summed E-state index contributed by atoms with van der Waals surface area (Å²) >= 11 is 0. The first kappa shape index (κ1) is 18.4. The molecule has 0 aliphatic carbocycles. The fourth-order valence-electron chi connectivity index (χ4n) is 3.58. The third-order valence-corrected chi connectivity index (χ3v) is 5.06. The van der Waals surface area contributed by atoms with Crippen molar-refractivity contribution in [2.75, 3.05) is 13.2 Å². The summed E-state index contributed by atoms with van der Waals surface area (Å²) in [4.78, 5) is 12.5. The molecule has 2 rings (SSSR count). The Morgan fingerprint density at radius 1 is 1.42 bits per heavy atom. The summed E-state index contributed by atoms with van der Waals surface area (Å²) in [6.45, 7) is 6.39. The maximum absolute atomic E-state index is 13.4. The molecule has 24 heavy (non-hydrogen) atoms. The fraction of sp³-hybridized carbons (Fsp3) is 0.579. The van der Waals surface area contributed by atoms with E-state index >= 15 is 0 Å². The second kappa shape index (κ2) is 7.31. The molecular weight excluding hydrogens is 309 g/mol. The van der Waals surface area contributed by atoms with Crippen molar-refractivity contribution in [1.29, 1.82) is 5.26 Å². The molecule has 1 heterocycles. The van der Waals surface area contributed by atoms with Gasteiger partial charge in [0.1, 0.15) is 5.82 Å². The molecule has 1 fully saturated rings. The summed E-state index contributed by atoms with van der Waals surface area (Å²) in [5.41, 5.74) is -0.391. The van der Waals surface area contributed by atoms with Gasteiger partial charge in [-0.1, -0.05) is 19.1 Å². The Labute approximate surface area is 142 Å². The summed E-state index contributed by atoms with van der Waals surface area (Å²) in [6.07, 6.45) is 1.79. The van der Waals surface area contributed by atoms with E-state index in [4.69, 9.17) is 9.47 Å². The lowest BCUT2D eigenvalue weighted by molar-refractivity contribution is -0.154. The molecule has 4 nitrogen and oxygen atoms in total. The molecule has 3 atom stereocenters. The lowest BCUT2D eigenvalue weighted by Gasteiger charge is -2.47. The third-order valence-electron chi connectivity index (χ3n) is 5.06. The Kier molecular flexibility index (Phi) is 5.61. The first-order valence-electron chi connectivity index (χ1n) is 8.37. The second-order valence-electron chi connectivity index (χ2n) is 6.56. The van der Waals surface area contributed by atoms with Crippen LogP contribution in [0.5, 0.6) is 0 Å². The molecule has 130 valence electrons. The topological polar surface area (TPSA) is 59.3 Å². The van der Waals surface area contributed by atoms with Gasteiger partial charge < -0.3 is 9.47 Å². The lowest BCUT2D eigenvalue weighted by Crippen LogP contribution is -2.51. The van der Waals surface area contributed by atoms with Crippen LogP contribution in [0.2, 0.25) is 0 Å². The Hall–Kier alpha value is -1.93. The molecule has 1 aliphatic rings. The highest BCUT2D eigenvalue weighted by Crippen LogP contribution is 2.48. The largest absolute Gasteiger partial charge is 0.465 e. The van der Waals surface area contributed by atoms with Crippen LogP contribution in [0.3, 0.4) is 0 Å². The minimum absolute atomic E-state index is 0.220. The van der Waals surface area contributed by atoms with Gasteiger partial charge in [-0.05, 0) is 50.8 Å². The van der Waals surface area contributed by atoms with Gasteiger partial charge in [0, 0.05) is 12.0 Å². The highest BCUT2D eigenvalue weighted by atomic mass is 19.1. The van der Waals surface area contributed by atoms with Gasteiger partial charge in [-0.3, -0.25) is 4.79 Å². The molecule has 0 N–H and O–H groups in total. The normalized spacial score (nSPS) is 28.0. The molecule has 1 aliphatic heterocycles. The van der Waals surface area contributed by atoms with Crippen molar-refractivity contribution >= 4 is 5.97 Å². The van der Waals surface area contributed by atoms with E-state index in [-0.39, 0.29) is 12.4 Å². The van der Waals surface area contributed by atoms with Crippen LogP contribution in [-0.4, -0.2) is 24.8 Å². The fourth-order valence-corrected chi connectivity index (χ4v) is 3.58. The van der Waals surface area contributed by atoms with Crippen LogP contribution in [0, 0.1) is 23.1 Å². The number of rotatable bonds is 5. The minimum atomic E-state index is -0.947. The smallest absolute Gasteiger partial charge is 0.324 e. The average molecular weight is 333 g/mol. The van der Waals surface area contributed by atoms with Gasteiger partial charge in [0.25, 0.3) is 0 Å². The van der Waals surface area contributed by atoms with E-state index in [2.05, 4.69) is 6.07 Å². The summed E-state index contributed by atoms with van der Waals surface area (Å²) in [5, 5.41) is 9.73. The zero-order chi connectivity index (χ0) is 17.8. The van der Waals surface area contributed by atoms with Crippen molar-refractivity contribution in [3.05, 3.63) is 35.6 Å². The van der Waals surface area contributed by atoms with Crippen molar-refractivity contribution in [3.8, 4) is 6.07 Å². The molecular formula is C19H24FNO3. The Bertz CT molecular complexity index is 624. The van der Waals surface area contributed by atoms with Gasteiger partial charge >= 0.3 is 5.97 Å². The second-order valence-corrected chi connectivity index (χ2v) is 6.56. The number of carbonyl (C=O) groups is 1. The number of nitrogens with zero attached hydrogens (tertiary/aromatic N) is 1. The molecule has 0 bridgehead atoms. The predicted molar refractivity (Wildman–Crippen MR) is 87.7 cm³/mol. The number of hydrogen-bond donors (Lipinski definition) is 0. The maximum atomic E-state index is 13.4. The van der Waals surface area contributed by atoms with Crippen molar-refractivity contribution in [2.45, 2.75) is 51.0 Å². The summed E-state index contributed by atoms with van der Waals surface area (Å²) in [7, 11) is 0. The number of ether oxygens (including phenoxy) is 2. The Morgan fingerprint density at radius 2 is 2.08 bits per heavy atom. The highest BCUT2D eigenvalue weighted by molar-refractivity contribution is 5.77. The van der Waals surface area contributed by atoms with Gasteiger partial charge in [-0.25, -0.2) is 4.39 Å². The van der Waals surface area contributed by atoms with E-state index in [9.17, 15) is 14.4 Å². The molecule has 1 aromatic rings. The third kappa shape index (κ3) is 3.44. The molecule has 0 aromatic heterocycles. The standard InChI is InChI=1S/C19H24FNO3/c1-4-18(3)13-19(10-11-24-18,14-6-8-15(20)9-7-14)16(12-21)17(22)23-5-2/h6-9,16H,4-5,10-11,13H2,1-3H3/t16-,18-,19-/m0/s1. The number of esters is 1. The van der Waals surface area contributed by atoms with E-state index < -0.39 is 22.9 Å². The lowest BCUT2D eigenvalue weighted by atomic mass is 9.61. The van der Waals surface area contributed by atoms with Crippen molar-refractivity contribution in [2.24, 2.45) is 5.92 Å². The van der Waals surface area contributed by atoms with Crippen LogP contribution in [0.15, 0.2) is 24.3 Å². The quantitative estimate of drug-likeness (QED) is 0.770. The highest BCUT2D eigenvalue weighted by Gasteiger charge is 2.51. The molecule has 1 aromatic carbocycles. The number of carbonyl (C=O) groups excluding carboxylic acids is 1. The zero-order valence-electron chi connectivity index (χ0n) is 14.5. The minimum Gasteiger partial charge on any atom is -0.465 e. The number of nitriles is 1. The Morgan fingerprint density at radius 3 is 2.62 bits per heavy atom. The van der Waals surface area contributed by atoms with Gasteiger partial charge in [0.2, 0.25) is 0 Å². The monoisotopic (exact) mass is 333 g/mol. The molecule has 0 amide bonds. The maximum Gasteiger partial charge on any atom is 0.324 e. The average Bonchev–Trinajstić information content (AvgIpc) is 2.56. The van der Waals surface area contributed by atoms with Gasteiger partial charge in [-0.2, -0.15) is 5.26 Å². The Balaban J connectivity index is 2.54. The number of halogens is 1. The summed E-state index contributed by atoms with van der Waals surface area (Å²) in [6, 6.07) is 8.22.